The quantitative estimate of drug-likeness (QED) is 0.152. The molecule has 3 heteroatoms. The van der Waals surface area contributed by atoms with E-state index in [4.69, 9.17) is 4.42 Å². The molecule has 0 aliphatic heterocycles. The number of nitrogens with zero attached hydrogens (tertiary/aromatic N) is 2. The number of para-hydroxylation sites is 4. The van der Waals surface area contributed by atoms with Gasteiger partial charge >= 0.3 is 0 Å². The van der Waals surface area contributed by atoms with Crippen molar-refractivity contribution in [2.75, 3.05) is 4.90 Å². The molecule has 314 valence electrons. The van der Waals surface area contributed by atoms with Gasteiger partial charge in [0.15, 0.2) is 0 Å². The van der Waals surface area contributed by atoms with Gasteiger partial charge in [0.2, 0.25) is 0 Å². The largest absolute Gasteiger partial charge is 0.456 e. The topological polar surface area (TPSA) is 21.3 Å². The van der Waals surface area contributed by atoms with Crippen molar-refractivity contribution in [1.29, 1.82) is 0 Å². The minimum Gasteiger partial charge on any atom is -0.456 e. The zero-order valence-electron chi connectivity index (χ0n) is 36.6. The van der Waals surface area contributed by atoms with E-state index in [-0.39, 0.29) is 0 Å². The molecule has 0 saturated heterocycles. The molecule has 0 radical (unpaired) electrons. The maximum Gasteiger partial charge on any atom is 0.135 e. The van der Waals surface area contributed by atoms with Gasteiger partial charge in [-0.25, -0.2) is 0 Å². The van der Waals surface area contributed by atoms with Gasteiger partial charge in [-0.2, -0.15) is 0 Å². The van der Waals surface area contributed by atoms with Crippen molar-refractivity contribution in [3.8, 4) is 50.2 Å². The summed E-state index contributed by atoms with van der Waals surface area (Å²) in [5.74, 6) is 0. The minimum absolute atomic E-state index is 0.891. The predicted octanol–water partition coefficient (Wildman–Crippen LogP) is 18.0. The Labute approximate surface area is 388 Å². The first-order valence-electron chi connectivity index (χ1n) is 22.9. The van der Waals surface area contributed by atoms with Gasteiger partial charge in [-0.05, 0) is 123 Å². The summed E-state index contributed by atoms with van der Waals surface area (Å²) in [6, 6.07) is 92.0. The fourth-order valence-electron chi connectivity index (χ4n) is 10.4. The maximum absolute atomic E-state index is 6.24. The zero-order chi connectivity index (χ0) is 44.3. The average Bonchev–Trinajstić information content (AvgIpc) is 3.95. The summed E-state index contributed by atoms with van der Waals surface area (Å²) in [6.07, 6.45) is 0. The molecule has 0 N–H and O–H groups in total. The first-order valence-corrected chi connectivity index (χ1v) is 22.9. The molecule has 0 fully saturated rings. The van der Waals surface area contributed by atoms with E-state index in [1.807, 2.05) is 12.1 Å². The number of rotatable bonds is 8. The molecule has 0 spiro atoms. The van der Waals surface area contributed by atoms with Crippen LogP contribution >= 0.6 is 0 Å². The van der Waals surface area contributed by atoms with Crippen LogP contribution in [-0.4, -0.2) is 4.57 Å². The summed E-state index contributed by atoms with van der Waals surface area (Å²) in [5.41, 5.74) is 17.9. The first kappa shape index (κ1) is 38.5. The van der Waals surface area contributed by atoms with Crippen LogP contribution in [0.15, 0.2) is 259 Å². The van der Waals surface area contributed by atoms with Crippen molar-refractivity contribution in [2.45, 2.75) is 0 Å². The van der Waals surface area contributed by atoms with Gasteiger partial charge in [0.05, 0.1) is 16.7 Å². The van der Waals surface area contributed by atoms with E-state index in [0.29, 0.717) is 0 Å². The number of benzene rings is 11. The smallest absolute Gasteiger partial charge is 0.135 e. The summed E-state index contributed by atoms with van der Waals surface area (Å²) in [5, 5.41) is 7.16. The molecule has 2 aromatic heterocycles. The van der Waals surface area contributed by atoms with E-state index in [2.05, 4.69) is 252 Å². The average molecular weight is 855 g/mol. The molecule has 0 atom stereocenters. The molecule has 67 heavy (non-hydrogen) atoms. The molecule has 2 heterocycles. The van der Waals surface area contributed by atoms with Crippen LogP contribution in [0.5, 0.6) is 0 Å². The molecule has 0 bridgehead atoms. The summed E-state index contributed by atoms with van der Waals surface area (Å²) in [4.78, 5) is 2.43. The zero-order valence-corrected chi connectivity index (χ0v) is 36.6. The van der Waals surface area contributed by atoms with Gasteiger partial charge in [0.25, 0.3) is 0 Å². The van der Waals surface area contributed by atoms with Gasteiger partial charge in [0, 0.05) is 44.2 Å². The lowest BCUT2D eigenvalue weighted by Crippen LogP contribution is -2.11. The third-order valence-corrected chi connectivity index (χ3v) is 13.4. The SMILES string of the molecule is c1ccc(-c2cccc3cccc(-c4ccccc4N(c4ccc(-c5cccc6c5c5ccccc5n6-c5ccccc5)cc4)c4cccc(-c5ccc6oc7ccccc7c6c5)c4)c23)cc1. The fraction of sp³-hybridized carbons (Fsp3) is 0. The molecule has 0 aliphatic rings. The van der Waals surface area contributed by atoms with Crippen LogP contribution in [0.25, 0.3) is 105 Å². The lowest BCUT2D eigenvalue weighted by molar-refractivity contribution is 0.669. The number of hydrogen-bond donors (Lipinski definition) is 0. The molecule has 3 nitrogen and oxygen atoms in total. The Morgan fingerprint density at radius 1 is 0.313 bits per heavy atom. The Balaban J connectivity index is 0.999. The Morgan fingerprint density at radius 3 is 1.72 bits per heavy atom. The highest BCUT2D eigenvalue weighted by molar-refractivity contribution is 6.16. The van der Waals surface area contributed by atoms with Crippen LogP contribution in [0.2, 0.25) is 0 Å². The van der Waals surface area contributed by atoms with Crippen molar-refractivity contribution in [3.63, 3.8) is 0 Å². The van der Waals surface area contributed by atoms with E-state index in [1.165, 1.54) is 54.8 Å². The van der Waals surface area contributed by atoms with E-state index >= 15 is 0 Å². The van der Waals surface area contributed by atoms with E-state index < -0.39 is 0 Å². The molecule has 11 aromatic carbocycles. The summed E-state index contributed by atoms with van der Waals surface area (Å²) >= 11 is 0. The third kappa shape index (κ3) is 6.51. The van der Waals surface area contributed by atoms with Crippen LogP contribution in [0.4, 0.5) is 17.1 Å². The number of furan rings is 1. The van der Waals surface area contributed by atoms with E-state index in [1.54, 1.807) is 0 Å². The van der Waals surface area contributed by atoms with Crippen LogP contribution in [-0.2, 0) is 0 Å². The van der Waals surface area contributed by atoms with Crippen LogP contribution in [0.3, 0.4) is 0 Å². The normalized spacial score (nSPS) is 11.6. The van der Waals surface area contributed by atoms with Crippen molar-refractivity contribution < 1.29 is 4.42 Å². The first-order chi connectivity index (χ1) is 33.2. The molecule has 13 rings (SSSR count). The Hall–Kier alpha value is -8.92. The third-order valence-electron chi connectivity index (χ3n) is 13.4. The molecule has 13 aromatic rings. The molecule has 0 amide bonds. The Bertz CT molecular complexity index is 3970. The summed E-state index contributed by atoms with van der Waals surface area (Å²) in [6.45, 7) is 0. The van der Waals surface area contributed by atoms with Gasteiger partial charge in [0.1, 0.15) is 11.2 Å². The monoisotopic (exact) mass is 854 g/mol. The highest BCUT2D eigenvalue weighted by atomic mass is 16.3. The van der Waals surface area contributed by atoms with Crippen molar-refractivity contribution in [3.05, 3.63) is 255 Å². The number of aromatic nitrogens is 1. The standard InChI is InChI=1S/C64H42N2O/c1-3-17-43(18-4-1)51-28-14-19-45-20-15-30-55(63(45)51)53-25-7-10-31-58(53)65(50-24-13-21-46(41-50)47-37-40-62-57(42-47)54-26-9-12-34-61(54)67-62)49-38-35-44(36-39-49)52-29-16-33-60-64(52)56-27-8-11-32-59(56)66(60)48-22-5-2-6-23-48/h1-42H. The summed E-state index contributed by atoms with van der Waals surface area (Å²) < 4.78 is 8.63. The van der Waals surface area contributed by atoms with Crippen molar-refractivity contribution >= 4 is 71.6 Å². The highest BCUT2D eigenvalue weighted by Gasteiger charge is 2.22. The van der Waals surface area contributed by atoms with Crippen LogP contribution in [0.1, 0.15) is 0 Å². The lowest BCUT2D eigenvalue weighted by atomic mass is 9.90. The van der Waals surface area contributed by atoms with Crippen LogP contribution < -0.4 is 4.90 Å². The minimum atomic E-state index is 0.891. The molecule has 0 unspecified atom stereocenters. The van der Waals surface area contributed by atoms with Gasteiger partial charge in [-0.3, -0.25) is 0 Å². The van der Waals surface area contributed by atoms with Gasteiger partial charge in [-0.1, -0.05) is 182 Å². The second kappa shape index (κ2) is 16.0. The van der Waals surface area contributed by atoms with Gasteiger partial charge < -0.3 is 13.9 Å². The number of hydrogen-bond acceptors (Lipinski definition) is 2. The highest BCUT2D eigenvalue weighted by Crippen LogP contribution is 2.46. The Morgan fingerprint density at radius 2 is 0.881 bits per heavy atom. The van der Waals surface area contributed by atoms with Crippen molar-refractivity contribution in [1.82, 2.24) is 4.57 Å². The lowest BCUT2D eigenvalue weighted by Gasteiger charge is -2.29. The predicted molar refractivity (Wildman–Crippen MR) is 282 cm³/mol. The molecule has 0 aliphatic carbocycles. The molecular formula is C64H42N2O. The van der Waals surface area contributed by atoms with E-state index in [9.17, 15) is 0 Å². The van der Waals surface area contributed by atoms with Crippen molar-refractivity contribution in [2.24, 2.45) is 0 Å². The van der Waals surface area contributed by atoms with Crippen LogP contribution in [0, 0.1) is 0 Å². The Kier molecular flexibility index (Phi) is 9.17. The maximum atomic E-state index is 6.24. The van der Waals surface area contributed by atoms with E-state index in [0.717, 1.165) is 66.9 Å². The number of fused-ring (bicyclic) bond motifs is 7. The van der Waals surface area contributed by atoms with Gasteiger partial charge in [-0.15, -0.1) is 0 Å². The summed E-state index contributed by atoms with van der Waals surface area (Å²) in [7, 11) is 0. The molecule has 0 saturated carbocycles. The molecular weight excluding hydrogens is 813 g/mol. The second-order valence-electron chi connectivity index (χ2n) is 17.2. The second-order valence-corrected chi connectivity index (χ2v) is 17.2. The fourth-order valence-corrected chi connectivity index (χ4v) is 10.4. The number of anilines is 3.